The van der Waals surface area contributed by atoms with E-state index in [4.69, 9.17) is 0 Å². The summed E-state index contributed by atoms with van der Waals surface area (Å²) in [7, 11) is 0. The van der Waals surface area contributed by atoms with Gasteiger partial charge >= 0.3 is 0 Å². The van der Waals surface area contributed by atoms with E-state index in [1.165, 1.54) is 87.7 Å². The van der Waals surface area contributed by atoms with Crippen molar-refractivity contribution in [1.82, 2.24) is 4.98 Å². The Labute approximate surface area is 308 Å². The fraction of sp³-hybridized carbons (Fsp3) is 0.0392. The summed E-state index contributed by atoms with van der Waals surface area (Å²) >= 11 is 0. The van der Waals surface area contributed by atoms with E-state index in [2.05, 4.69) is 186 Å². The van der Waals surface area contributed by atoms with Crippen LogP contribution in [0.4, 0.5) is 17.1 Å². The average Bonchev–Trinajstić information content (AvgIpc) is 3.24. The van der Waals surface area contributed by atoms with Crippen LogP contribution in [0.25, 0.3) is 70.9 Å². The van der Waals surface area contributed by atoms with E-state index in [0.717, 1.165) is 17.8 Å². The van der Waals surface area contributed by atoms with E-state index in [9.17, 15) is 0 Å². The summed E-state index contributed by atoms with van der Waals surface area (Å²) < 4.78 is 0. The van der Waals surface area contributed by atoms with Crippen molar-refractivity contribution >= 4 is 65.7 Å². The van der Waals surface area contributed by atoms with E-state index in [0.29, 0.717) is 0 Å². The second-order valence-corrected chi connectivity index (χ2v) is 14.3. The molecule has 0 N–H and O–H groups in total. The Kier molecular flexibility index (Phi) is 6.72. The first-order chi connectivity index (χ1) is 26.3. The van der Waals surface area contributed by atoms with Crippen molar-refractivity contribution in [3.8, 4) is 22.3 Å². The van der Waals surface area contributed by atoms with Gasteiger partial charge in [-0.2, -0.15) is 0 Å². The maximum Gasteiger partial charge on any atom is 0.0723 e. The molecule has 1 aliphatic carbocycles. The summed E-state index contributed by atoms with van der Waals surface area (Å²) in [6.07, 6.45) is 12.0. The Bertz CT molecular complexity index is 2950. The molecule has 53 heavy (non-hydrogen) atoms. The van der Waals surface area contributed by atoms with Gasteiger partial charge in [0.1, 0.15) is 0 Å². The number of hydrogen-bond donors (Lipinski definition) is 0. The summed E-state index contributed by atoms with van der Waals surface area (Å²) in [4.78, 5) is 7.05. The van der Waals surface area contributed by atoms with Crippen LogP contribution in [0.15, 0.2) is 188 Å². The van der Waals surface area contributed by atoms with Crippen LogP contribution >= 0.6 is 0 Å². The number of benzene rings is 8. The zero-order valence-electron chi connectivity index (χ0n) is 29.1. The molecule has 1 aliphatic heterocycles. The number of anilines is 3. The summed E-state index contributed by atoms with van der Waals surface area (Å²) in [5.41, 5.74) is 12.2. The highest BCUT2D eigenvalue weighted by molar-refractivity contribution is 6.25. The van der Waals surface area contributed by atoms with Crippen molar-refractivity contribution in [1.29, 1.82) is 0 Å². The monoisotopic (exact) mass is 674 g/mol. The van der Waals surface area contributed by atoms with Crippen molar-refractivity contribution in [2.75, 3.05) is 4.90 Å². The van der Waals surface area contributed by atoms with Crippen LogP contribution in [0, 0.1) is 0 Å². The third kappa shape index (κ3) is 4.76. The van der Waals surface area contributed by atoms with Gasteiger partial charge in [0.05, 0.1) is 17.6 Å². The second-order valence-electron chi connectivity index (χ2n) is 14.3. The maximum atomic E-state index is 4.64. The Morgan fingerprint density at radius 1 is 0.509 bits per heavy atom. The van der Waals surface area contributed by atoms with Crippen molar-refractivity contribution in [3.63, 3.8) is 0 Å². The lowest BCUT2D eigenvalue weighted by molar-refractivity contribution is 0.857. The maximum absolute atomic E-state index is 4.64. The molecule has 9 aromatic rings. The van der Waals surface area contributed by atoms with Gasteiger partial charge in [0.2, 0.25) is 0 Å². The minimum absolute atomic E-state index is 0.258. The first-order valence-corrected chi connectivity index (χ1v) is 18.5. The Balaban J connectivity index is 1.01. The molecule has 2 heteroatoms. The lowest BCUT2D eigenvalue weighted by Gasteiger charge is -2.34. The van der Waals surface area contributed by atoms with E-state index in [1.807, 2.05) is 12.4 Å². The third-order valence-electron chi connectivity index (χ3n) is 11.3. The summed E-state index contributed by atoms with van der Waals surface area (Å²) in [5.74, 6) is 0.258. The van der Waals surface area contributed by atoms with Crippen LogP contribution in [0.1, 0.15) is 23.5 Å². The van der Waals surface area contributed by atoms with E-state index in [1.54, 1.807) is 0 Å². The first-order valence-electron chi connectivity index (χ1n) is 18.5. The zero-order chi connectivity index (χ0) is 34.9. The Hall–Kier alpha value is -6.77. The summed E-state index contributed by atoms with van der Waals surface area (Å²) in [6, 6.07) is 58.0. The third-order valence-corrected chi connectivity index (χ3v) is 11.3. The van der Waals surface area contributed by atoms with Gasteiger partial charge in [-0.15, -0.1) is 0 Å². The number of nitrogens with zero attached hydrogens (tertiary/aromatic N) is 2. The SMILES string of the molecule is C1=CC(c2ccc3c4ccccc4c4ccccc4c3c2)=CC(c2cccc(N3c4cnccc4-c4cc(-c5ccccc5)cc5cccc3c45)c2)C1. The quantitative estimate of drug-likeness (QED) is 0.173. The smallest absolute Gasteiger partial charge is 0.0723 e. The van der Waals surface area contributed by atoms with Gasteiger partial charge in [0.15, 0.2) is 0 Å². The molecular weight excluding hydrogens is 641 g/mol. The zero-order valence-corrected chi connectivity index (χ0v) is 29.1. The minimum Gasteiger partial charge on any atom is -0.308 e. The second kappa shape index (κ2) is 11.9. The van der Waals surface area contributed by atoms with Crippen LogP contribution in [0.3, 0.4) is 0 Å². The van der Waals surface area contributed by atoms with E-state index < -0.39 is 0 Å². The molecule has 1 aromatic heterocycles. The molecule has 11 rings (SSSR count). The molecule has 248 valence electrons. The van der Waals surface area contributed by atoms with Crippen molar-refractivity contribution < 1.29 is 0 Å². The fourth-order valence-corrected chi connectivity index (χ4v) is 8.89. The molecule has 0 saturated carbocycles. The van der Waals surface area contributed by atoms with Gasteiger partial charge < -0.3 is 4.90 Å². The highest BCUT2D eigenvalue weighted by atomic mass is 15.2. The number of rotatable bonds is 4. The number of pyridine rings is 1. The van der Waals surface area contributed by atoms with Crippen LogP contribution in [-0.4, -0.2) is 4.98 Å². The molecule has 0 amide bonds. The largest absolute Gasteiger partial charge is 0.308 e. The molecule has 1 unspecified atom stereocenters. The topological polar surface area (TPSA) is 16.1 Å². The van der Waals surface area contributed by atoms with Gasteiger partial charge in [0, 0.05) is 28.8 Å². The number of aromatic nitrogens is 1. The molecule has 0 saturated heterocycles. The molecule has 0 spiro atoms. The van der Waals surface area contributed by atoms with Gasteiger partial charge in [0.25, 0.3) is 0 Å². The molecule has 1 atom stereocenters. The molecule has 2 nitrogen and oxygen atoms in total. The fourth-order valence-electron chi connectivity index (χ4n) is 8.89. The number of allylic oxidation sites excluding steroid dienone is 4. The van der Waals surface area contributed by atoms with Crippen LogP contribution in [0.5, 0.6) is 0 Å². The van der Waals surface area contributed by atoms with E-state index in [-0.39, 0.29) is 5.92 Å². The molecule has 0 bridgehead atoms. The Morgan fingerprint density at radius 3 is 2.06 bits per heavy atom. The van der Waals surface area contributed by atoms with Gasteiger partial charge in [-0.3, -0.25) is 4.98 Å². The average molecular weight is 675 g/mol. The number of fused-ring (bicyclic) bond motifs is 8. The lowest BCUT2D eigenvalue weighted by atomic mass is 9.85. The normalized spacial score (nSPS) is 14.9. The number of hydrogen-bond acceptors (Lipinski definition) is 2. The molecule has 8 aromatic carbocycles. The van der Waals surface area contributed by atoms with Crippen molar-refractivity contribution in [3.05, 3.63) is 199 Å². The van der Waals surface area contributed by atoms with E-state index >= 15 is 0 Å². The predicted molar refractivity (Wildman–Crippen MR) is 224 cm³/mol. The molecule has 2 aliphatic rings. The highest BCUT2D eigenvalue weighted by Crippen LogP contribution is 2.52. The summed E-state index contributed by atoms with van der Waals surface area (Å²) in [5, 5.41) is 10.3. The molecule has 2 heterocycles. The van der Waals surface area contributed by atoms with Crippen molar-refractivity contribution in [2.45, 2.75) is 12.3 Å². The van der Waals surface area contributed by atoms with Gasteiger partial charge in [-0.05, 0) is 120 Å². The van der Waals surface area contributed by atoms with Gasteiger partial charge in [-0.1, -0.05) is 133 Å². The molecule has 0 fully saturated rings. The lowest BCUT2D eigenvalue weighted by Crippen LogP contribution is -2.16. The first kappa shape index (κ1) is 29.9. The Morgan fingerprint density at radius 2 is 1.25 bits per heavy atom. The summed E-state index contributed by atoms with van der Waals surface area (Å²) in [6.45, 7) is 0. The molecule has 0 radical (unpaired) electrons. The molecular formula is C51H34N2. The highest BCUT2D eigenvalue weighted by Gasteiger charge is 2.27. The van der Waals surface area contributed by atoms with Crippen LogP contribution < -0.4 is 4.90 Å². The van der Waals surface area contributed by atoms with Crippen molar-refractivity contribution in [2.24, 2.45) is 0 Å². The van der Waals surface area contributed by atoms with Crippen LogP contribution in [-0.2, 0) is 0 Å². The van der Waals surface area contributed by atoms with Crippen LogP contribution in [0.2, 0.25) is 0 Å². The van der Waals surface area contributed by atoms with Gasteiger partial charge in [-0.25, -0.2) is 0 Å². The predicted octanol–water partition coefficient (Wildman–Crippen LogP) is 13.9. The minimum atomic E-state index is 0.258. The standard InChI is InChI=1S/C51H34N2/c1-2-11-33(12-3-1)39-28-38-16-10-22-49-51(38)48(31-39)46-25-26-52-32-50(46)53(49)40-17-9-15-36(29-40)34-13-8-14-35(27-34)37-23-24-45-43-20-5-4-18-41(43)42-19-6-7-21-44(42)47(45)30-37/h1-12,14-32,34H,13H2.